The zero-order valence-corrected chi connectivity index (χ0v) is 23.6. The molecule has 4 aliphatic heterocycles. The summed E-state index contributed by atoms with van der Waals surface area (Å²) in [5, 5.41) is 3.08. The van der Waals surface area contributed by atoms with Gasteiger partial charge in [0.1, 0.15) is 35.4 Å². The van der Waals surface area contributed by atoms with Crippen LogP contribution in [-0.4, -0.2) is 45.7 Å². The summed E-state index contributed by atoms with van der Waals surface area (Å²) in [6.07, 6.45) is 0. The number of hydrogen-bond acceptors (Lipinski definition) is 6. The minimum Gasteiger partial charge on any atom is -0.274 e. The van der Waals surface area contributed by atoms with Gasteiger partial charge in [-0.25, -0.2) is 37.4 Å². The zero-order valence-electron chi connectivity index (χ0n) is 23.6. The van der Waals surface area contributed by atoms with E-state index in [4.69, 9.17) is 0 Å². The number of carbonyl (C=O) groups excluding carboxylic acids is 4. The number of fused-ring (bicyclic) bond motifs is 5. The highest BCUT2D eigenvalue weighted by Gasteiger charge is 2.73. The molecule has 230 valence electrons. The standard InChI is InChI=1S/C34H22F4N4O4/c35-19-11-7-17(8-12-19)27-25-29(33(45)39(31(25)43)23-5-1-3-21(37)15-23)41-28(18-9-13-20(36)14-10-18)26-30(42(27)41)34(46)40(32(26)44)24-6-2-4-22(38)16-24/h1-16,25-30H/t25-,26-,27+,28+,29+,30+/m0/s1. The van der Waals surface area contributed by atoms with Gasteiger partial charge in [0.15, 0.2) is 0 Å². The summed E-state index contributed by atoms with van der Waals surface area (Å²) in [7, 11) is 0. The molecule has 0 aromatic heterocycles. The Balaban J connectivity index is 1.33. The molecule has 4 aromatic carbocycles. The van der Waals surface area contributed by atoms with Crippen molar-refractivity contribution in [3.8, 4) is 0 Å². The van der Waals surface area contributed by atoms with Crippen molar-refractivity contribution in [1.82, 2.24) is 10.0 Å². The highest BCUT2D eigenvalue weighted by Crippen LogP contribution is 2.59. The molecule has 4 heterocycles. The first kappa shape index (κ1) is 28.3. The fourth-order valence-corrected chi connectivity index (χ4v) is 7.56. The lowest BCUT2D eigenvalue weighted by Crippen LogP contribution is -2.50. The van der Waals surface area contributed by atoms with Gasteiger partial charge >= 0.3 is 0 Å². The third-order valence-electron chi connectivity index (χ3n) is 9.28. The number of carbonyl (C=O) groups is 4. The van der Waals surface area contributed by atoms with Crippen LogP contribution in [0, 0.1) is 35.1 Å². The van der Waals surface area contributed by atoms with Gasteiger partial charge in [0.05, 0.1) is 35.3 Å². The van der Waals surface area contributed by atoms with Crippen LogP contribution in [-0.2, 0) is 19.2 Å². The van der Waals surface area contributed by atoms with Gasteiger partial charge in [0, 0.05) is 0 Å². The van der Waals surface area contributed by atoms with E-state index in [1.807, 2.05) is 0 Å². The van der Waals surface area contributed by atoms with Gasteiger partial charge in [-0.3, -0.25) is 19.2 Å². The van der Waals surface area contributed by atoms with E-state index in [9.17, 15) is 36.7 Å². The second kappa shape index (κ2) is 10.2. The van der Waals surface area contributed by atoms with Crippen LogP contribution >= 0.6 is 0 Å². The minimum absolute atomic E-state index is 0.0101. The maximum Gasteiger partial charge on any atom is 0.253 e. The summed E-state index contributed by atoms with van der Waals surface area (Å²) in [6, 6.07) is 15.9. The topological polar surface area (TPSA) is 81.2 Å². The Kier molecular flexibility index (Phi) is 6.25. The van der Waals surface area contributed by atoms with Crippen molar-refractivity contribution in [2.45, 2.75) is 24.2 Å². The molecule has 6 atom stereocenters. The van der Waals surface area contributed by atoms with Gasteiger partial charge < -0.3 is 0 Å². The molecule has 4 amide bonds. The quantitative estimate of drug-likeness (QED) is 0.242. The van der Waals surface area contributed by atoms with Crippen LogP contribution in [0.25, 0.3) is 0 Å². The average molecular weight is 627 g/mol. The monoisotopic (exact) mass is 626 g/mol. The molecule has 0 aliphatic carbocycles. The van der Waals surface area contributed by atoms with Gasteiger partial charge in [0.25, 0.3) is 11.8 Å². The average Bonchev–Trinajstić information content (AvgIpc) is 3.69. The molecule has 8 nitrogen and oxygen atoms in total. The van der Waals surface area contributed by atoms with Gasteiger partial charge in [-0.1, -0.05) is 36.4 Å². The molecule has 4 aromatic rings. The first-order valence-corrected chi connectivity index (χ1v) is 14.5. The summed E-state index contributed by atoms with van der Waals surface area (Å²) in [4.78, 5) is 58.9. The molecule has 46 heavy (non-hydrogen) atoms. The smallest absolute Gasteiger partial charge is 0.253 e. The van der Waals surface area contributed by atoms with Crippen molar-refractivity contribution >= 4 is 35.0 Å². The second-order valence-electron chi connectivity index (χ2n) is 11.7. The van der Waals surface area contributed by atoms with Crippen molar-refractivity contribution in [2.24, 2.45) is 11.8 Å². The van der Waals surface area contributed by atoms with E-state index in [1.165, 1.54) is 84.9 Å². The normalized spacial score (nSPS) is 27.5. The van der Waals surface area contributed by atoms with Crippen molar-refractivity contribution < 1.29 is 36.7 Å². The van der Waals surface area contributed by atoms with Crippen LogP contribution in [0.2, 0.25) is 0 Å². The Hall–Kier alpha value is -5.20. The van der Waals surface area contributed by atoms with E-state index in [0.717, 1.165) is 21.9 Å². The number of anilines is 2. The highest BCUT2D eigenvalue weighted by molar-refractivity contribution is 6.26. The van der Waals surface area contributed by atoms with Crippen LogP contribution < -0.4 is 9.80 Å². The van der Waals surface area contributed by atoms with Crippen LogP contribution in [0.4, 0.5) is 28.9 Å². The Bertz CT molecular complexity index is 1810. The third kappa shape index (κ3) is 3.93. The number of hydrogen-bond donors (Lipinski definition) is 0. The summed E-state index contributed by atoms with van der Waals surface area (Å²) >= 11 is 0. The summed E-state index contributed by atoms with van der Waals surface area (Å²) in [5.74, 6) is -7.51. The molecule has 0 unspecified atom stereocenters. The molecule has 4 fully saturated rings. The van der Waals surface area contributed by atoms with Crippen LogP contribution in [0.1, 0.15) is 23.2 Å². The van der Waals surface area contributed by atoms with E-state index in [-0.39, 0.29) is 11.4 Å². The molecular formula is C34H22F4N4O4. The molecule has 4 saturated heterocycles. The van der Waals surface area contributed by atoms with Crippen molar-refractivity contribution in [3.05, 3.63) is 131 Å². The number of imide groups is 2. The first-order chi connectivity index (χ1) is 22.2. The molecule has 0 bridgehead atoms. The predicted octanol–water partition coefficient (Wildman–Crippen LogP) is 4.69. The number of nitrogens with zero attached hydrogens (tertiary/aromatic N) is 4. The fraction of sp³-hybridized carbons (Fsp3) is 0.176. The fourth-order valence-electron chi connectivity index (χ4n) is 7.56. The van der Waals surface area contributed by atoms with Crippen LogP contribution in [0.3, 0.4) is 0 Å². The van der Waals surface area contributed by atoms with Crippen LogP contribution in [0.15, 0.2) is 97.1 Å². The molecule has 4 aliphatic rings. The maximum absolute atomic E-state index is 14.3. The Morgan fingerprint density at radius 2 is 0.783 bits per heavy atom. The van der Waals surface area contributed by atoms with Gasteiger partial charge in [-0.15, -0.1) is 0 Å². The highest BCUT2D eigenvalue weighted by atomic mass is 19.1. The second-order valence-corrected chi connectivity index (χ2v) is 11.7. The summed E-state index contributed by atoms with van der Waals surface area (Å²) in [6.45, 7) is 0. The van der Waals surface area contributed by atoms with Crippen molar-refractivity contribution in [1.29, 1.82) is 0 Å². The predicted molar refractivity (Wildman–Crippen MR) is 154 cm³/mol. The molecule has 0 spiro atoms. The lowest BCUT2D eigenvalue weighted by molar-refractivity contribution is -0.136. The van der Waals surface area contributed by atoms with Gasteiger partial charge in [-0.05, 0) is 71.8 Å². The molecular weight excluding hydrogens is 604 g/mol. The van der Waals surface area contributed by atoms with E-state index < -0.39 is 82.9 Å². The summed E-state index contributed by atoms with van der Waals surface area (Å²) < 4.78 is 56.8. The maximum atomic E-state index is 14.3. The van der Waals surface area contributed by atoms with Crippen molar-refractivity contribution in [2.75, 3.05) is 9.80 Å². The lowest BCUT2D eigenvalue weighted by Gasteiger charge is -2.35. The number of halogens is 4. The number of benzene rings is 4. The number of amides is 4. The molecule has 0 radical (unpaired) electrons. The van der Waals surface area contributed by atoms with Crippen molar-refractivity contribution in [3.63, 3.8) is 0 Å². The minimum atomic E-state index is -1.25. The Morgan fingerprint density at radius 1 is 0.413 bits per heavy atom. The van der Waals surface area contributed by atoms with E-state index >= 15 is 0 Å². The Morgan fingerprint density at radius 3 is 1.13 bits per heavy atom. The van der Waals surface area contributed by atoms with E-state index in [2.05, 4.69) is 0 Å². The van der Waals surface area contributed by atoms with Crippen LogP contribution in [0.5, 0.6) is 0 Å². The number of hydrazine groups is 1. The Labute approximate surface area is 259 Å². The lowest BCUT2D eigenvalue weighted by atomic mass is 9.84. The molecule has 0 N–H and O–H groups in total. The molecule has 0 saturated carbocycles. The molecule has 8 rings (SSSR count). The van der Waals surface area contributed by atoms with Gasteiger partial charge in [-0.2, -0.15) is 0 Å². The van der Waals surface area contributed by atoms with Gasteiger partial charge in [0.2, 0.25) is 11.8 Å². The number of rotatable bonds is 4. The summed E-state index contributed by atoms with van der Waals surface area (Å²) in [5.41, 5.74) is 0.806. The third-order valence-corrected chi connectivity index (χ3v) is 9.28. The largest absolute Gasteiger partial charge is 0.274 e. The SMILES string of the molecule is O=C1[C@H]2[C@@H](c3ccc(F)cc3)N3[C@H]4C(=O)N(c5cccc(F)c5)C(=O)[C@H]4[C@@H](c4ccc(F)cc4)N3[C@H]2C(=O)N1c1cccc(F)c1. The van der Waals surface area contributed by atoms with E-state index in [1.54, 1.807) is 10.0 Å². The zero-order chi connectivity index (χ0) is 32.0. The van der Waals surface area contributed by atoms with E-state index in [0.29, 0.717) is 11.1 Å². The first-order valence-electron chi connectivity index (χ1n) is 14.5. The molecule has 12 heteroatoms.